The second-order valence-corrected chi connectivity index (χ2v) is 6.93. The summed E-state index contributed by atoms with van der Waals surface area (Å²) in [7, 11) is 0. The lowest BCUT2D eigenvalue weighted by molar-refractivity contribution is -0.117. The van der Waals surface area contributed by atoms with Crippen LogP contribution in [0.15, 0.2) is 29.1 Å². The number of fused-ring (bicyclic) bond motifs is 2. The van der Waals surface area contributed by atoms with Crippen LogP contribution in [0.1, 0.15) is 11.3 Å². The molecule has 0 atom stereocenters. The van der Waals surface area contributed by atoms with Gasteiger partial charge >= 0.3 is 0 Å². The predicted molar refractivity (Wildman–Crippen MR) is 94.4 cm³/mol. The number of carbonyl (C=O) groups is 1. The summed E-state index contributed by atoms with van der Waals surface area (Å²) in [6, 6.07) is 6.80. The molecule has 0 bridgehead atoms. The van der Waals surface area contributed by atoms with Crippen LogP contribution in [0.2, 0.25) is 0 Å². The van der Waals surface area contributed by atoms with E-state index in [9.17, 15) is 9.59 Å². The molecule has 0 radical (unpaired) electrons. The van der Waals surface area contributed by atoms with Gasteiger partial charge in [0.1, 0.15) is 19.8 Å². The molecule has 1 aromatic heterocycles. The molecule has 130 valence electrons. The molecule has 0 saturated heterocycles. The molecule has 0 fully saturated rings. The molecule has 7 nitrogen and oxygen atoms in total. The van der Waals surface area contributed by atoms with Crippen molar-refractivity contribution in [3.05, 3.63) is 45.9 Å². The number of thioether (sulfide) groups is 1. The lowest BCUT2D eigenvalue weighted by Crippen LogP contribution is -2.31. The highest BCUT2D eigenvalue weighted by Gasteiger charge is 2.16. The van der Waals surface area contributed by atoms with Gasteiger partial charge in [-0.15, -0.1) is 0 Å². The molecule has 0 saturated carbocycles. The lowest BCUT2D eigenvalue weighted by atomic mass is 10.2. The molecule has 25 heavy (non-hydrogen) atoms. The van der Waals surface area contributed by atoms with Crippen LogP contribution in [0, 0.1) is 0 Å². The Morgan fingerprint density at radius 3 is 2.96 bits per heavy atom. The van der Waals surface area contributed by atoms with Gasteiger partial charge < -0.3 is 14.8 Å². The van der Waals surface area contributed by atoms with Gasteiger partial charge in [-0.1, -0.05) is 0 Å². The maximum absolute atomic E-state index is 12.3. The van der Waals surface area contributed by atoms with Crippen molar-refractivity contribution in [2.24, 2.45) is 0 Å². The topological polar surface area (TPSA) is 82.5 Å². The van der Waals surface area contributed by atoms with Crippen LogP contribution in [0.4, 0.5) is 5.69 Å². The second-order valence-electron chi connectivity index (χ2n) is 5.82. The van der Waals surface area contributed by atoms with Crippen LogP contribution < -0.4 is 20.3 Å². The van der Waals surface area contributed by atoms with Crippen molar-refractivity contribution in [2.75, 3.05) is 24.3 Å². The van der Waals surface area contributed by atoms with E-state index in [1.165, 1.54) is 4.68 Å². The van der Waals surface area contributed by atoms with E-state index < -0.39 is 0 Å². The molecule has 0 unspecified atom stereocenters. The van der Waals surface area contributed by atoms with Crippen LogP contribution in [-0.4, -0.2) is 34.7 Å². The number of aromatic nitrogens is 2. The molecule has 8 heteroatoms. The fourth-order valence-electron chi connectivity index (χ4n) is 2.82. The summed E-state index contributed by atoms with van der Waals surface area (Å²) in [5.74, 6) is 2.75. The number of nitrogens with zero attached hydrogens (tertiary/aromatic N) is 2. The maximum atomic E-state index is 12.3. The minimum atomic E-state index is -0.309. The first kappa shape index (κ1) is 16.0. The third kappa shape index (κ3) is 3.48. The lowest BCUT2D eigenvalue weighted by Gasteiger charge is -2.19. The van der Waals surface area contributed by atoms with Crippen molar-refractivity contribution in [1.82, 2.24) is 9.78 Å². The smallest absolute Gasteiger partial charge is 0.267 e. The largest absolute Gasteiger partial charge is 0.486 e. The van der Waals surface area contributed by atoms with Gasteiger partial charge in [-0.25, -0.2) is 4.68 Å². The Labute approximate surface area is 148 Å². The highest BCUT2D eigenvalue weighted by Crippen LogP contribution is 2.32. The average Bonchev–Trinajstić information content (AvgIpc) is 2.62. The standard InChI is InChI=1S/C17H17N3O4S/c21-16(18-12-1-2-14-15(8-12)24-5-4-23-14)9-20-17(22)7-11-10-25-6-3-13(11)19-20/h1-2,7-8H,3-6,9-10H2,(H,18,21). The summed E-state index contributed by atoms with van der Waals surface area (Å²) < 4.78 is 12.2. The number of amides is 1. The zero-order chi connectivity index (χ0) is 17.2. The van der Waals surface area contributed by atoms with E-state index >= 15 is 0 Å². The van der Waals surface area contributed by atoms with Gasteiger partial charge in [0, 0.05) is 30.0 Å². The van der Waals surface area contributed by atoms with Gasteiger partial charge in [-0.2, -0.15) is 16.9 Å². The number of ether oxygens (including phenoxy) is 2. The molecule has 1 amide bonds. The van der Waals surface area contributed by atoms with Crippen molar-refractivity contribution < 1.29 is 14.3 Å². The summed E-state index contributed by atoms with van der Waals surface area (Å²) in [5, 5.41) is 7.12. The van der Waals surface area contributed by atoms with Crippen LogP contribution in [0.5, 0.6) is 11.5 Å². The van der Waals surface area contributed by atoms with Crippen molar-refractivity contribution in [2.45, 2.75) is 18.7 Å². The van der Waals surface area contributed by atoms with Gasteiger partial charge in [-0.05, 0) is 23.4 Å². The second kappa shape index (κ2) is 6.79. The molecular weight excluding hydrogens is 342 g/mol. The number of aryl methyl sites for hydroxylation is 1. The van der Waals surface area contributed by atoms with Crippen molar-refractivity contribution in [1.29, 1.82) is 0 Å². The Balaban J connectivity index is 1.48. The molecule has 1 N–H and O–H groups in total. The first-order valence-corrected chi connectivity index (χ1v) is 9.22. The Morgan fingerprint density at radius 2 is 2.08 bits per heavy atom. The van der Waals surface area contributed by atoms with E-state index in [0.29, 0.717) is 30.4 Å². The molecular formula is C17H17N3O4S. The van der Waals surface area contributed by atoms with Crippen LogP contribution in [-0.2, 0) is 23.5 Å². The van der Waals surface area contributed by atoms with E-state index in [2.05, 4.69) is 10.4 Å². The fraction of sp³-hybridized carbons (Fsp3) is 0.353. The number of rotatable bonds is 3. The molecule has 2 aliphatic rings. The normalized spacial score (nSPS) is 15.4. The average molecular weight is 359 g/mol. The summed E-state index contributed by atoms with van der Waals surface area (Å²) in [4.78, 5) is 24.4. The molecule has 1 aromatic carbocycles. The highest BCUT2D eigenvalue weighted by atomic mass is 32.2. The summed E-state index contributed by atoms with van der Waals surface area (Å²) in [6.07, 6.45) is 0.823. The Morgan fingerprint density at radius 1 is 1.24 bits per heavy atom. The minimum absolute atomic E-state index is 0.117. The predicted octanol–water partition coefficient (Wildman–Crippen LogP) is 1.44. The zero-order valence-electron chi connectivity index (χ0n) is 13.5. The number of hydrogen-bond donors (Lipinski definition) is 1. The number of anilines is 1. The number of hydrogen-bond acceptors (Lipinski definition) is 6. The van der Waals surface area contributed by atoms with Gasteiger partial charge in [0.05, 0.1) is 5.69 Å². The molecule has 2 aromatic rings. The molecule has 4 rings (SSSR count). The van der Waals surface area contributed by atoms with Gasteiger partial charge in [-0.3, -0.25) is 9.59 Å². The van der Waals surface area contributed by atoms with Gasteiger partial charge in [0.25, 0.3) is 5.56 Å². The van der Waals surface area contributed by atoms with E-state index in [0.717, 1.165) is 29.2 Å². The van der Waals surface area contributed by atoms with Gasteiger partial charge in [0.15, 0.2) is 11.5 Å². The molecule has 3 heterocycles. The van der Waals surface area contributed by atoms with Gasteiger partial charge in [0.2, 0.25) is 5.91 Å². The summed E-state index contributed by atoms with van der Waals surface area (Å²) >= 11 is 1.79. The summed E-state index contributed by atoms with van der Waals surface area (Å²) in [5.41, 5.74) is 2.23. The zero-order valence-corrected chi connectivity index (χ0v) is 14.3. The summed E-state index contributed by atoms with van der Waals surface area (Å²) in [6.45, 7) is 0.884. The van der Waals surface area contributed by atoms with Crippen LogP contribution in [0.25, 0.3) is 0 Å². The molecule has 0 spiro atoms. The quantitative estimate of drug-likeness (QED) is 0.893. The Kier molecular flexibility index (Phi) is 4.35. The SMILES string of the molecule is O=C(Cn1nc2c(cc1=O)CSCC2)Nc1ccc2c(c1)OCCO2. The molecule has 0 aliphatic carbocycles. The van der Waals surface area contributed by atoms with E-state index in [1.807, 2.05) is 0 Å². The fourth-order valence-corrected chi connectivity index (χ4v) is 3.78. The minimum Gasteiger partial charge on any atom is -0.486 e. The number of carbonyl (C=O) groups excluding carboxylic acids is 1. The third-order valence-electron chi connectivity index (χ3n) is 4.02. The van der Waals surface area contributed by atoms with Crippen molar-refractivity contribution >= 4 is 23.4 Å². The van der Waals surface area contributed by atoms with E-state index in [1.54, 1.807) is 36.0 Å². The van der Waals surface area contributed by atoms with Crippen molar-refractivity contribution in [3.63, 3.8) is 0 Å². The van der Waals surface area contributed by atoms with E-state index in [4.69, 9.17) is 9.47 Å². The maximum Gasteiger partial charge on any atom is 0.267 e. The Bertz CT molecular complexity index is 881. The van der Waals surface area contributed by atoms with Crippen LogP contribution >= 0.6 is 11.8 Å². The third-order valence-corrected chi connectivity index (χ3v) is 5.03. The first-order valence-electron chi connectivity index (χ1n) is 8.06. The number of benzene rings is 1. The van der Waals surface area contributed by atoms with E-state index in [-0.39, 0.29) is 18.0 Å². The van der Waals surface area contributed by atoms with Crippen LogP contribution in [0.3, 0.4) is 0 Å². The highest BCUT2D eigenvalue weighted by molar-refractivity contribution is 7.98. The number of nitrogens with one attached hydrogen (secondary N) is 1. The first-order chi connectivity index (χ1) is 12.2. The molecule has 2 aliphatic heterocycles. The monoisotopic (exact) mass is 359 g/mol. The Hall–Kier alpha value is -2.48. The van der Waals surface area contributed by atoms with Crippen molar-refractivity contribution in [3.8, 4) is 11.5 Å².